The predicted molar refractivity (Wildman–Crippen MR) is 162 cm³/mol. The van der Waals surface area contributed by atoms with Crippen LogP contribution in [0.25, 0.3) is 0 Å². The van der Waals surface area contributed by atoms with Gasteiger partial charge in [-0.3, -0.25) is 14.5 Å². The van der Waals surface area contributed by atoms with Crippen LogP contribution in [-0.2, 0) is 24.4 Å². The van der Waals surface area contributed by atoms with Crippen molar-refractivity contribution in [2.45, 2.75) is 64.3 Å². The second-order valence-electron chi connectivity index (χ2n) is 10.8. The Balaban J connectivity index is 0.00000387. The third-order valence-electron chi connectivity index (χ3n) is 7.80. The van der Waals surface area contributed by atoms with Gasteiger partial charge in [0.1, 0.15) is 12.4 Å². The number of piperidine rings is 1. The SMILES string of the molecule is CC(=O)N1CCC(Nc2cccc(C(=O)CC[C@H](O)CN3CCc4cc(OCc5cnco5)ccc4C3)c2)CC1.S. The van der Waals surface area contributed by atoms with Gasteiger partial charge in [0, 0.05) is 63.4 Å². The van der Waals surface area contributed by atoms with E-state index in [0.29, 0.717) is 37.3 Å². The summed E-state index contributed by atoms with van der Waals surface area (Å²) < 4.78 is 11.0. The Hall–Kier alpha value is -3.34. The van der Waals surface area contributed by atoms with Gasteiger partial charge in [-0.2, -0.15) is 13.5 Å². The number of anilines is 1. The lowest BCUT2D eigenvalue weighted by molar-refractivity contribution is -0.129. The molecule has 5 rings (SSSR count). The van der Waals surface area contributed by atoms with Crippen LogP contribution in [0.2, 0.25) is 0 Å². The van der Waals surface area contributed by atoms with Crippen LogP contribution in [0.4, 0.5) is 5.69 Å². The summed E-state index contributed by atoms with van der Waals surface area (Å²) >= 11 is 0. The lowest BCUT2D eigenvalue weighted by Gasteiger charge is -2.32. The highest BCUT2D eigenvalue weighted by atomic mass is 32.1. The number of nitrogens with one attached hydrogen (secondary N) is 1. The van der Waals surface area contributed by atoms with Crippen molar-refractivity contribution in [2.75, 3.05) is 31.5 Å². The smallest absolute Gasteiger partial charge is 0.219 e. The first-order chi connectivity index (χ1) is 19.4. The normalized spacial score (nSPS) is 16.4. The topological polar surface area (TPSA) is 108 Å². The molecule has 2 N–H and O–H groups in total. The van der Waals surface area contributed by atoms with Crippen molar-refractivity contribution < 1.29 is 23.8 Å². The number of aliphatic hydroxyl groups is 1. The highest BCUT2D eigenvalue weighted by Gasteiger charge is 2.22. The number of fused-ring (bicyclic) bond motifs is 1. The summed E-state index contributed by atoms with van der Waals surface area (Å²) in [7, 11) is 0. The number of benzene rings is 2. The average Bonchev–Trinajstić information content (AvgIpc) is 3.49. The summed E-state index contributed by atoms with van der Waals surface area (Å²) in [4.78, 5) is 32.5. The Morgan fingerprint density at radius 1 is 1.15 bits per heavy atom. The van der Waals surface area contributed by atoms with E-state index in [2.05, 4.69) is 27.3 Å². The molecule has 3 aromatic rings. The van der Waals surface area contributed by atoms with Gasteiger partial charge in [0.2, 0.25) is 5.91 Å². The molecule has 1 fully saturated rings. The summed E-state index contributed by atoms with van der Waals surface area (Å²) in [5.74, 6) is 1.65. The molecule has 1 saturated heterocycles. The standard InChI is InChI=1S/C31H38N4O5.H2S/c1-22(36)35-13-10-26(11-14-35)33-27-4-2-3-24(15-27)31(38)8-6-28(37)19-34-12-9-23-16-29(7-5-25(23)18-34)39-20-30-17-32-21-40-30;/h2-5,7,15-17,21,26,28,33,37H,6,8-14,18-20H2,1H3;1H2/t28-;/m0./s1. The molecule has 1 atom stereocenters. The number of Topliss-reactive ketones (excluding diaryl/α,β-unsaturated/α-hetero) is 1. The van der Waals surface area contributed by atoms with E-state index in [-0.39, 0.29) is 31.2 Å². The van der Waals surface area contributed by atoms with Crippen molar-refractivity contribution in [2.24, 2.45) is 0 Å². The number of aromatic nitrogens is 1. The van der Waals surface area contributed by atoms with Crippen molar-refractivity contribution >= 4 is 30.9 Å². The summed E-state index contributed by atoms with van der Waals surface area (Å²) in [5, 5.41) is 14.2. The van der Waals surface area contributed by atoms with Gasteiger partial charge in [0.15, 0.2) is 17.9 Å². The van der Waals surface area contributed by atoms with Crippen LogP contribution in [-0.4, -0.2) is 69.9 Å². The number of ether oxygens (including phenoxy) is 1. The van der Waals surface area contributed by atoms with E-state index in [1.54, 1.807) is 13.1 Å². The molecule has 10 heteroatoms. The number of hydrogen-bond acceptors (Lipinski definition) is 8. The first-order valence-electron chi connectivity index (χ1n) is 14.1. The molecule has 0 spiro atoms. The summed E-state index contributed by atoms with van der Waals surface area (Å²) in [6, 6.07) is 14.0. The second kappa shape index (κ2) is 14.5. The minimum atomic E-state index is -0.567. The quantitative estimate of drug-likeness (QED) is 0.326. The van der Waals surface area contributed by atoms with Crippen LogP contribution in [0.3, 0.4) is 0 Å². The molecule has 1 amide bonds. The Bertz CT molecular complexity index is 1290. The largest absolute Gasteiger partial charge is 0.486 e. The zero-order valence-electron chi connectivity index (χ0n) is 23.6. The maximum Gasteiger partial charge on any atom is 0.219 e. The minimum Gasteiger partial charge on any atom is -0.486 e. The van der Waals surface area contributed by atoms with E-state index < -0.39 is 6.10 Å². The summed E-state index contributed by atoms with van der Waals surface area (Å²) in [5.41, 5.74) is 4.07. The fraction of sp³-hybridized carbons (Fsp3) is 0.452. The molecular formula is C31H40N4O5S. The molecule has 1 aromatic heterocycles. The van der Waals surface area contributed by atoms with Gasteiger partial charge in [0.05, 0.1) is 12.3 Å². The first-order valence-corrected chi connectivity index (χ1v) is 14.1. The van der Waals surface area contributed by atoms with Gasteiger partial charge < -0.3 is 24.5 Å². The Morgan fingerprint density at radius 3 is 2.73 bits per heavy atom. The molecule has 2 aromatic carbocycles. The molecule has 9 nitrogen and oxygen atoms in total. The van der Waals surface area contributed by atoms with Gasteiger partial charge in [-0.15, -0.1) is 0 Å². The Kier molecular flexibility index (Phi) is 10.8. The van der Waals surface area contributed by atoms with Gasteiger partial charge in [-0.05, 0) is 61.1 Å². The Morgan fingerprint density at radius 2 is 1.98 bits per heavy atom. The van der Waals surface area contributed by atoms with Crippen molar-refractivity contribution in [3.8, 4) is 5.75 Å². The maximum absolute atomic E-state index is 12.9. The monoisotopic (exact) mass is 580 g/mol. The molecule has 0 radical (unpaired) electrons. The molecule has 0 saturated carbocycles. The van der Waals surface area contributed by atoms with Crippen molar-refractivity contribution in [1.29, 1.82) is 0 Å². The number of aliphatic hydroxyl groups excluding tert-OH is 1. The molecule has 2 aliphatic rings. The van der Waals surface area contributed by atoms with Gasteiger partial charge in [-0.25, -0.2) is 4.98 Å². The summed E-state index contributed by atoms with van der Waals surface area (Å²) in [6.45, 7) is 5.62. The number of oxazole rings is 1. The van der Waals surface area contributed by atoms with Crippen LogP contribution >= 0.6 is 13.5 Å². The zero-order valence-corrected chi connectivity index (χ0v) is 24.6. The number of hydrogen-bond donors (Lipinski definition) is 2. The fourth-order valence-electron chi connectivity index (χ4n) is 5.49. The average molecular weight is 581 g/mol. The number of β-amino-alcohol motifs (C(OH)–C–C–N with tert-alkyl or cyclic N) is 1. The van der Waals surface area contributed by atoms with Gasteiger partial charge in [-0.1, -0.05) is 18.2 Å². The fourth-order valence-corrected chi connectivity index (χ4v) is 5.49. The van der Waals surface area contributed by atoms with Crippen molar-refractivity contribution in [1.82, 2.24) is 14.8 Å². The lowest BCUT2D eigenvalue weighted by Crippen LogP contribution is -2.41. The number of carbonyl (C=O) groups is 2. The number of amides is 1. The third-order valence-corrected chi connectivity index (χ3v) is 7.80. The van der Waals surface area contributed by atoms with E-state index in [9.17, 15) is 14.7 Å². The molecule has 41 heavy (non-hydrogen) atoms. The maximum atomic E-state index is 12.9. The highest BCUT2D eigenvalue weighted by Crippen LogP contribution is 2.25. The minimum absolute atomic E-state index is 0. The molecule has 0 bridgehead atoms. The highest BCUT2D eigenvalue weighted by molar-refractivity contribution is 7.59. The number of likely N-dealkylation sites (tertiary alicyclic amines) is 1. The van der Waals surface area contributed by atoms with E-state index in [0.717, 1.165) is 56.9 Å². The number of ketones is 1. The molecular weight excluding hydrogens is 540 g/mol. The number of nitrogens with zero attached hydrogens (tertiary/aromatic N) is 3. The van der Waals surface area contributed by atoms with Crippen LogP contribution in [0.1, 0.15) is 59.9 Å². The van der Waals surface area contributed by atoms with Gasteiger partial charge in [0.25, 0.3) is 0 Å². The first kappa shape index (κ1) is 30.6. The van der Waals surface area contributed by atoms with Crippen LogP contribution in [0.15, 0.2) is 59.5 Å². The second-order valence-corrected chi connectivity index (χ2v) is 10.8. The molecule has 220 valence electrons. The van der Waals surface area contributed by atoms with E-state index in [1.807, 2.05) is 35.2 Å². The zero-order chi connectivity index (χ0) is 27.9. The molecule has 0 unspecified atom stereocenters. The summed E-state index contributed by atoms with van der Waals surface area (Å²) in [6.07, 6.45) is 5.87. The van der Waals surface area contributed by atoms with E-state index >= 15 is 0 Å². The van der Waals surface area contributed by atoms with Crippen molar-refractivity contribution in [3.63, 3.8) is 0 Å². The van der Waals surface area contributed by atoms with E-state index in [4.69, 9.17) is 9.15 Å². The van der Waals surface area contributed by atoms with E-state index in [1.165, 1.54) is 17.5 Å². The van der Waals surface area contributed by atoms with Gasteiger partial charge >= 0.3 is 0 Å². The van der Waals surface area contributed by atoms with Crippen LogP contribution < -0.4 is 10.1 Å². The Labute approximate surface area is 248 Å². The lowest BCUT2D eigenvalue weighted by atomic mass is 9.98. The molecule has 3 heterocycles. The van der Waals surface area contributed by atoms with Crippen LogP contribution in [0.5, 0.6) is 5.75 Å². The molecule has 2 aliphatic heterocycles. The predicted octanol–water partition coefficient (Wildman–Crippen LogP) is 4.17. The number of carbonyl (C=O) groups excluding carboxylic acids is 2. The molecule has 0 aliphatic carbocycles. The third kappa shape index (κ3) is 8.58. The number of rotatable bonds is 11. The van der Waals surface area contributed by atoms with Crippen molar-refractivity contribution in [3.05, 3.63) is 77.5 Å². The van der Waals surface area contributed by atoms with Crippen LogP contribution in [0, 0.1) is 0 Å².